The first-order chi connectivity index (χ1) is 7.36. The van der Waals surface area contributed by atoms with E-state index in [-0.39, 0.29) is 5.91 Å². The molecule has 0 aromatic heterocycles. The van der Waals surface area contributed by atoms with E-state index < -0.39 is 0 Å². The minimum atomic E-state index is -0.157. The quantitative estimate of drug-likeness (QED) is 0.831. The first kappa shape index (κ1) is 9.86. The lowest BCUT2D eigenvalue weighted by molar-refractivity contribution is -0.112. The second-order valence-electron chi connectivity index (χ2n) is 2.83. The maximum Gasteiger partial charge on any atom is 0.265 e. The second kappa shape index (κ2) is 4.70. The summed E-state index contributed by atoms with van der Waals surface area (Å²) < 4.78 is 4.92. The highest BCUT2D eigenvalue weighted by Crippen LogP contribution is 2.22. The summed E-state index contributed by atoms with van der Waals surface area (Å²) in [4.78, 5) is 12.2. The largest absolute Gasteiger partial charge is 0.471 e. The summed E-state index contributed by atoms with van der Waals surface area (Å²) >= 11 is 1.33. The topological polar surface area (TPSA) is 38.3 Å². The molecule has 2 rings (SSSR count). The number of ether oxygens (including phenoxy) is 1. The van der Waals surface area contributed by atoms with Crippen LogP contribution < -0.4 is 5.32 Å². The zero-order chi connectivity index (χ0) is 10.5. The van der Waals surface area contributed by atoms with Gasteiger partial charge in [-0.15, -0.1) is 0 Å². The molecule has 15 heavy (non-hydrogen) atoms. The highest BCUT2D eigenvalue weighted by Gasteiger charge is 2.11. The molecule has 0 aliphatic carbocycles. The summed E-state index contributed by atoms with van der Waals surface area (Å²) in [5, 5.41) is 4.49. The molecule has 0 bridgehead atoms. The highest BCUT2D eigenvalue weighted by molar-refractivity contribution is 8.06. The van der Waals surface area contributed by atoms with Crippen LogP contribution in [0.4, 0.5) is 5.69 Å². The number of rotatable bonds is 2. The Hall–Kier alpha value is -1.68. The van der Waals surface area contributed by atoms with Crippen molar-refractivity contribution in [2.75, 3.05) is 5.32 Å². The number of para-hydroxylation sites is 1. The summed E-state index contributed by atoms with van der Waals surface area (Å²) in [6.45, 7) is 0. The maximum absolute atomic E-state index is 11.7. The number of benzene rings is 1. The summed E-state index contributed by atoms with van der Waals surface area (Å²) in [6, 6.07) is 9.31. The van der Waals surface area contributed by atoms with Crippen LogP contribution in [-0.2, 0) is 9.53 Å². The molecule has 0 saturated carbocycles. The lowest BCUT2D eigenvalue weighted by atomic mass is 10.3. The van der Waals surface area contributed by atoms with Gasteiger partial charge < -0.3 is 10.1 Å². The Bertz CT molecular complexity index is 412. The lowest BCUT2D eigenvalue weighted by Crippen LogP contribution is -2.13. The Morgan fingerprint density at radius 1 is 1.27 bits per heavy atom. The zero-order valence-electron chi connectivity index (χ0n) is 7.84. The van der Waals surface area contributed by atoms with Crippen molar-refractivity contribution in [3.8, 4) is 0 Å². The third-order valence-electron chi connectivity index (χ3n) is 1.76. The number of thioether (sulfide) groups is 1. The van der Waals surface area contributed by atoms with Gasteiger partial charge in [-0.2, -0.15) is 0 Å². The molecule has 0 fully saturated rings. The third kappa shape index (κ3) is 2.63. The van der Waals surface area contributed by atoms with E-state index in [9.17, 15) is 4.79 Å². The molecule has 1 aliphatic rings. The molecule has 0 spiro atoms. The van der Waals surface area contributed by atoms with Crippen LogP contribution >= 0.6 is 11.8 Å². The van der Waals surface area contributed by atoms with E-state index in [1.165, 1.54) is 24.3 Å². The van der Waals surface area contributed by atoms with Crippen LogP contribution in [-0.4, -0.2) is 5.91 Å². The fourth-order valence-electron chi connectivity index (χ4n) is 1.08. The standard InChI is InChI=1S/C11H9NO2S/c13-11(10-8-14-6-7-15-10)12-9-4-2-1-3-5-9/h1-8H,(H,12,13). The number of nitrogens with one attached hydrogen (secondary N) is 1. The number of amides is 1. The minimum absolute atomic E-state index is 0.157. The predicted molar refractivity (Wildman–Crippen MR) is 61.0 cm³/mol. The van der Waals surface area contributed by atoms with Crippen molar-refractivity contribution in [1.29, 1.82) is 0 Å². The van der Waals surface area contributed by atoms with Crippen molar-refractivity contribution in [3.63, 3.8) is 0 Å². The van der Waals surface area contributed by atoms with Gasteiger partial charge in [-0.3, -0.25) is 4.79 Å². The molecular formula is C11H9NO2S. The number of carbonyl (C=O) groups is 1. The Morgan fingerprint density at radius 2 is 2.07 bits per heavy atom. The molecule has 1 heterocycles. The summed E-state index contributed by atoms with van der Waals surface area (Å²) in [5.41, 5.74) is 0.776. The smallest absolute Gasteiger partial charge is 0.265 e. The number of hydrogen-bond acceptors (Lipinski definition) is 3. The maximum atomic E-state index is 11.7. The third-order valence-corrected chi connectivity index (χ3v) is 2.54. The molecule has 4 heteroatoms. The molecule has 1 aliphatic heterocycles. The predicted octanol–water partition coefficient (Wildman–Crippen LogP) is 2.70. The number of carbonyl (C=O) groups excluding carboxylic acids is 1. The molecule has 1 aromatic rings. The van der Waals surface area contributed by atoms with Crippen LogP contribution in [0.25, 0.3) is 0 Å². The van der Waals surface area contributed by atoms with Gasteiger partial charge in [-0.1, -0.05) is 30.0 Å². The highest BCUT2D eigenvalue weighted by atomic mass is 32.2. The molecule has 1 N–H and O–H groups in total. The van der Waals surface area contributed by atoms with Gasteiger partial charge in [0.1, 0.15) is 11.2 Å². The van der Waals surface area contributed by atoms with E-state index in [4.69, 9.17) is 4.74 Å². The fourth-order valence-corrected chi connectivity index (χ4v) is 1.62. The van der Waals surface area contributed by atoms with Crippen molar-refractivity contribution in [1.82, 2.24) is 0 Å². The van der Waals surface area contributed by atoms with Gasteiger partial charge in [-0.05, 0) is 12.1 Å². The van der Waals surface area contributed by atoms with Crippen LogP contribution in [0, 0.1) is 0 Å². The fraction of sp³-hybridized carbons (Fsp3) is 0. The van der Waals surface area contributed by atoms with Crippen LogP contribution in [0.5, 0.6) is 0 Å². The van der Waals surface area contributed by atoms with Gasteiger partial charge in [0.05, 0.1) is 6.26 Å². The summed E-state index contributed by atoms with van der Waals surface area (Å²) in [5.74, 6) is -0.157. The average molecular weight is 219 g/mol. The van der Waals surface area contributed by atoms with Crippen molar-refractivity contribution in [2.24, 2.45) is 0 Å². The van der Waals surface area contributed by atoms with Gasteiger partial charge in [0.2, 0.25) is 0 Å². The Labute approximate surface area is 91.8 Å². The monoisotopic (exact) mass is 219 g/mol. The van der Waals surface area contributed by atoms with E-state index in [0.29, 0.717) is 4.91 Å². The molecule has 1 amide bonds. The van der Waals surface area contributed by atoms with E-state index in [1.54, 1.807) is 5.41 Å². The Kier molecular flexibility index (Phi) is 3.09. The summed E-state index contributed by atoms with van der Waals surface area (Å²) in [6.07, 6.45) is 2.97. The minimum Gasteiger partial charge on any atom is -0.471 e. The molecule has 0 atom stereocenters. The van der Waals surface area contributed by atoms with Crippen molar-refractivity contribution in [3.05, 3.63) is 53.2 Å². The van der Waals surface area contributed by atoms with Gasteiger partial charge in [0, 0.05) is 11.1 Å². The van der Waals surface area contributed by atoms with Crippen molar-refractivity contribution >= 4 is 23.4 Å². The van der Waals surface area contributed by atoms with Gasteiger partial charge in [0.25, 0.3) is 5.91 Å². The first-order valence-corrected chi connectivity index (χ1v) is 5.28. The van der Waals surface area contributed by atoms with Gasteiger partial charge in [-0.25, -0.2) is 0 Å². The number of hydrogen-bond donors (Lipinski definition) is 1. The molecule has 1 aromatic carbocycles. The second-order valence-corrected chi connectivity index (χ2v) is 3.78. The zero-order valence-corrected chi connectivity index (χ0v) is 8.66. The van der Waals surface area contributed by atoms with E-state index in [1.807, 2.05) is 30.3 Å². The Morgan fingerprint density at radius 3 is 2.73 bits per heavy atom. The van der Waals surface area contributed by atoms with Crippen LogP contribution in [0.2, 0.25) is 0 Å². The van der Waals surface area contributed by atoms with E-state index >= 15 is 0 Å². The number of anilines is 1. The van der Waals surface area contributed by atoms with Crippen molar-refractivity contribution < 1.29 is 9.53 Å². The van der Waals surface area contributed by atoms with Gasteiger partial charge >= 0.3 is 0 Å². The molecular weight excluding hydrogens is 210 g/mol. The Balaban J connectivity index is 2.01. The van der Waals surface area contributed by atoms with E-state index in [2.05, 4.69) is 5.32 Å². The van der Waals surface area contributed by atoms with Crippen molar-refractivity contribution in [2.45, 2.75) is 0 Å². The van der Waals surface area contributed by atoms with Crippen LogP contribution in [0.1, 0.15) is 0 Å². The SMILES string of the molecule is O=C(Nc1ccccc1)C1=COC=CS1. The van der Waals surface area contributed by atoms with Gasteiger partial charge in [0.15, 0.2) is 0 Å². The summed E-state index contributed by atoms with van der Waals surface area (Å²) in [7, 11) is 0. The lowest BCUT2D eigenvalue weighted by Gasteiger charge is -2.08. The first-order valence-electron chi connectivity index (χ1n) is 4.40. The van der Waals surface area contributed by atoms with E-state index in [0.717, 1.165) is 5.69 Å². The molecule has 3 nitrogen and oxygen atoms in total. The van der Waals surface area contributed by atoms with Crippen LogP contribution in [0.3, 0.4) is 0 Å². The average Bonchev–Trinajstić information content (AvgIpc) is 2.31. The molecule has 0 radical (unpaired) electrons. The van der Waals surface area contributed by atoms with Crippen LogP contribution in [0.15, 0.2) is 53.2 Å². The molecule has 0 saturated heterocycles. The molecule has 0 unspecified atom stereocenters. The normalized spacial score (nSPS) is 14.0. The molecule has 76 valence electrons.